The maximum absolute atomic E-state index is 10.7. The predicted molar refractivity (Wildman–Crippen MR) is 68.5 cm³/mol. The van der Waals surface area contributed by atoms with Crippen LogP contribution in [0.5, 0.6) is 0 Å². The van der Waals surface area contributed by atoms with Crippen LogP contribution in [0.25, 0.3) is 0 Å². The van der Waals surface area contributed by atoms with Crippen LogP contribution in [0.4, 0.5) is 0 Å². The Kier molecular flexibility index (Phi) is 3.95. The number of aldehydes is 1. The van der Waals surface area contributed by atoms with Gasteiger partial charge in [0.1, 0.15) is 6.29 Å². The van der Waals surface area contributed by atoms with Gasteiger partial charge in [0.15, 0.2) is 0 Å². The molecule has 0 spiro atoms. The Labute approximate surface area is 103 Å². The van der Waals surface area contributed by atoms with Gasteiger partial charge in [-0.15, -0.1) is 0 Å². The van der Waals surface area contributed by atoms with Gasteiger partial charge in [-0.25, -0.2) is 0 Å². The fourth-order valence-electron chi connectivity index (χ4n) is 2.94. The summed E-state index contributed by atoms with van der Waals surface area (Å²) in [6.07, 6.45) is 7.17. The molecule has 92 valence electrons. The minimum Gasteiger partial charge on any atom is -0.384 e. The third kappa shape index (κ3) is 2.58. The summed E-state index contributed by atoms with van der Waals surface area (Å²) in [4.78, 5) is 10.7. The first-order valence-electron chi connectivity index (χ1n) is 6.35. The molecule has 1 fully saturated rings. The van der Waals surface area contributed by atoms with Crippen molar-refractivity contribution < 1.29 is 9.53 Å². The van der Waals surface area contributed by atoms with E-state index in [9.17, 15) is 4.79 Å². The van der Waals surface area contributed by atoms with Crippen molar-refractivity contribution in [1.82, 2.24) is 0 Å². The summed E-state index contributed by atoms with van der Waals surface area (Å²) >= 11 is 0. The maximum atomic E-state index is 10.7. The van der Waals surface area contributed by atoms with E-state index in [1.807, 2.05) is 12.1 Å². The second kappa shape index (κ2) is 5.46. The Hall–Kier alpha value is -1.15. The van der Waals surface area contributed by atoms with Crippen molar-refractivity contribution in [2.24, 2.45) is 0 Å². The van der Waals surface area contributed by atoms with E-state index in [0.717, 1.165) is 18.5 Å². The fourth-order valence-corrected chi connectivity index (χ4v) is 2.94. The number of benzene rings is 1. The Morgan fingerprint density at radius 2 is 1.82 bits per heavy atom. The highest BCUT2D eigenvalue weighted by atomic mass is 16.5. The van der Waals surface area contributed by atoms with E-state index in [4.69, 9.17) is 4.74 Å². The lowest BCUT2D eigenvalue weighted by Crippen LogP contribution is -2.33. The Morgan fingerprint density at radius 3 is 2.35 bits per heavy atom. The molecule has 1 saturated carbocycles. The van der Waals surface area contributed by atoms with Crippen molar-refractivity contribution in [2.45, 2.75) is 37.5 Å². The standard InChI is InChI=1S/C15H20O2/c1-17-12-15(9-3-2-4-10-15)14-7-5-13(11-16)6-8-14/h5-8,11H,2-4,9-10,12H2,1H3. The van der Waals surface area contributed by atoms with Gasteiger partial charge in [-0.3, -0.25) is 4.79 Å². The van der Waals surface area contributed by atoms with Gasteiger partial charge in [-0.1, -0.05) is 43.5 Å². The first-order chi connectivity index (χ1) is 8.30. The number of hydrogen-bond acceptors (Lipinski definition) is 2. The zero-order valence-electron chi connectivity index (χ0n) is 10.4. The Morgan fingerprint density at radius 1 is 1.18 bits per heavy atom. The van der Waals surface area contributed by atoms with E-state index >= 15 is 0 Å². The summed E-state index contributed by atoms with van der Waals surface area (Å²) in [5.74, 6) is 0. The minimum atomic E-state index is 0.175. The molecule has 0 radical (unpaired) electrons. The molecule has 1 aliphatic carbocycles. The molecule has 0 atom stereocenters. The van der Waals surface area contributed by atoms with Crippen molar-refractivity contribution in [3.05, 3.63) is 35.4 Å². The summed E-state index contributed by atoms with van der Waals surface area (Å²) in [5, 5.41) is 0. The molecule has 1 aromatic rings. The zero-order chi connectivity index (χ0) is 12.1. The summed E-state index contributed by atoms with van der Waals surface area (Å²) in [7, 11) is 1.77. The summed E-state index contributed by atoms with van der Waals surface area (Å²) in [6.45, 7) is 0.785. The molecule has 0 aromatic heterocycles. The van der Waals surface area contributed by atoms with Gasteiger partial charge in [-0.05, 0) is 18.4 Å². The van der Waals surface area contributed by atoms with Crippen LogP contribution in [0.15, 0.2) is 24.3 Å². The molecular formula is C15H20O2. The van der Waals surface area contributed by atoms with Crippen LogP contribution in [-0.4, -0.2) is 20.0 Å². The van der Waals surface area contributed by atoms with Gasteiger partial charge in [0.25, 0.3) is 0 Å². The zero-order valence-corrected chi connectivity index (χ0v) is 10.4. The monoisotopic (exact) mass is 232 g/mol. The molecule has 0 aliphatic heterocycles. The molecule has 2 nitrogen and oxygen atoms in total. The second-order valence-corrected chi connectivity index (χ2v) is 5.01. The average molecular weight is 232 g/mol. The molecule has 1 aliphatic rings. The normalized spacial score (nSPS) is 18.9. The van der Waals surface area contributed by atoms with Crippen LogP contribution < -0.4 is 0 Å². The van der Waals surface area contributed by atoms with Gasteiger partial charge < -0.3 is 4.74 Å². The maximum Gasteiger partial charge on any atom is 0.150 e. The van der Waals surface area contributed by atoms with Gasteiger partial charge in [0.2, 0.25) is 0 Å². The van der Waals surface area contributed by atoms with Crippen LogP contribution in [-0.2, 0) is 10.2 Å². The number of ether oxygens (including phenoxy) is 1. The number of carbonyl (C=O) groups is 1. The van der Waals surface area contributed by atoms with E-state index in [1.165, 1.54) is 37.7 Å². The SMILES string of the molecule is COCC1(c2ccc(C=O)cc2)CCCCC1. The summed E-state index contributed by atoms with van der Waals surface area (Å²) < 4.78 is 5.43. The third-order valence-corrected chi connectivity index (χ3v) is 3.89. The topological polar surface area (TPSA) is 26.3 Å². The van der Waals surface area contributed by atoms with E-state index in [2.05, 4.69) is 12.1 Å². The summed E-state index contributed by atoms with van der Waals surface area (Å²) in [6, 6.07) is 8.00. The van der Waals surface area contributed by atoms with E-state index in [0.29, 0.717) is 0 Å². The quantitative estimate of drug-likeness (QED) is 0.744. The number of methoxy groups -OCH3 is 1. The van der Waals surface area contributed by atoms with Gasteiger partial charge in [0, 0.05) is 18.1 Å². The van der Waals surface area contributed by atoms with E-state index in [-0.39, 0.29) is 5.41 Å². The lowest BCUT2D eigenvalue weighted by atomic mass is 9.70. The molecule has 0 amide bonds. The second-order valence-electron chi connectivity index (χ2n) is 5.01. The largest absolute Gasteiger partial charge is 0.384 e. The summed E-state index contributed by atoms with van der Waals surface area (Å²) in [5.41, 5.74) is 2.25. The molecule has 2 heteroatoms. The van der Waals surface area contributed by atoms with Crippen LogP contribution in [0.3, 0.4) is 0 Å². The average Bonchev–Trinajstić information content (AvgIpc) is 2.40. The fraction of sp³-hybridized carbons (Fsp3) is 0.533. The van der Waals surface area contributed by atoms with Gasteiger partial charge in [-0.2, -0.15) is 0 Å². The molecule has 0 N–H and O–H groups in total. The van der Waals surface area contributed by atoms with Crippen LogP contribution in [0.1, 0.15) is 48.0 Å². The molecule has 0 saturated heterocycles. The number of hydrogen-bond donors (Lipinski definition) is 0. The lowest BCUT2D eigenvalue weighted by Gasteiger charge is -2.37. The predicted octanol–water partition coefficient (Wildman–Crippen LogP) is 3.35. The van der Waals surface area contributed by atoms with Crippen LogP contribution in [0, 0.1) is 0 Å². The highest BCUT2D eigenvalue weighted by Gasteiger charge is 2.33. The van der Waals surface area contributed by atoms with Gasteiger partial charge >= 0.3 is 0 Å². The minimum absolute atomic E-state index is 0.175. The van der Waals surface area contributed by atoms with Crippen LogP contribution in [0.2, 0.25) is 0 Å². The van der Waals surface area contributed by atoms with Crippen molar-refractivity contribution in [2.75, 3.05) is 13.7 Å². The third-order valence-electron chi connectivity index (χ3n) is 3.89. The molecule has 1 aromatic carbocycles. The highest BCUT2D eigenvalue weighted by molar-refractivity contribution is 5.74. The molecular weight excluding hydrogens is 212 g/mol. The Bertz CT molecular complexity index is 356. The van der Waals surface area contributed by atoms with Crippen molar-refractivity contribution >= 4 is 6.29 Å². The molecule has 0 bridgehead atoms. The molecule has 2 rings (SSSR count). The van der Waals surface area contributed by atoms with Crippen molar-refractivity contribution in [3.8, 4) is 0 Å². The Balaban J connectivity index is 2.27. The first-order valence-corrected chi connectivity index (χ1v) is 6.35. The smallest absolute Gasteiger partial charge is 0.150 e. The van der Waals surface area contributed by atoms with Crippen molar-refractivity contribution in [3.63, 3.8) is 0 Å². The number of carbonyl (C=O) groups excluding carboxylic acids is 1. The molecule has 0 unspecified atom stereocenters. The van der Waals surface area contributed by atoms with E-state index in [1.54, 1.807) is 7.11 Å². The first kappa shape index (κ1) is 12.3. The van der Waals surface area contributed by atoms with E-state index < -0.39 is 0 Å². The van der Waals surface area contributed by atoms with Gasteiger partial charge in [0.05, 0.1) is 6.61 Å². The molecule has 0 heterocycles. The lowest BCUT2D eigenvalue weighted by molar-refractivity contribution is 0.103. The number of rotatable bonds is 4. The van der Waals surface area contributed by atoms with Crippen molar-refractivity contribution in [1.29, 1.82) is 0 Å². The molecule has 17 heavy (non-hydrogen) atoms. The highest BCUT2D eigenvalue weighted by Crippen LogP contribution is 2.39. The van der Waals surface area contributed by atoms with Crippen LogP contribution >= 0.6 is 0 Å².